The fourth-order valence-electron chi connectivity index (χ4n) is 6.86. The molecule has 3 fully saturated rings. The number of hydrogen-bond acceptors (Lipinski definition) is 7. The topological polar surface area (TPSA) is 116 Å². The van der Waals surface area contributed by atoms with Crippen LogP contribution in [0.2, 0.25) is 0 Å². The van der Waals surface area contributed by atoms with Crippen molar-refractivity contribution in [1.29, 1.82) is 0 Å². The van der Waals surface area contributed by atoms with E-state index in [9.17, 15) is 22.8 Å². The van der Waals surface area contributed by atoms with Crippen molar-refractivity contribution in [3.05, 3.63) is 71.6 Å². The first-order valence-corrected chi connectivity index (χ1v) is 14.8. The first kappa shape index (κ1) is 28.3. The van der Waals surface area contributed by atoms with Crippen LogP contribution in [0.25, 0.3) is 16.8 Å². The number of nitrogens with zero attached hydrogens (tertiary/aromatic N) is 5. The summed E-state index contributed by atoms with van der Waals surface area (Å²) in [5, 5.41) is 0. The molecule has 2 saturated heterocycles. The molecule has 44 heavy (non-hydrogen) atoms. The molecule has 0 bridgehead atoms. The van der Waals surface area contributed by atoms with E-state index in [1.165, 1.54) is 0 Å². The standard InChI is InChI=1S/C32H31F3N6O3/c1-2-44-25-13-18(24(42)15-21-14-20(7-10-37-21)32(33,34)35)4-6-23(25)26-27-28(36)38-11-12-40(27)29(39-26)19-3-5-22-16-31(8-9-31)30(43)41(22)17-19/h4,6-7,10-14,19,22H,2-3,5,8-9,15-17H2,1H3,(H2,36,38)/t19-,22+/m0/s1. The molecule has 2 atom stereocenters. The van der Waals surface area contributed by atoms with Crippen molar-refractivity contribution < 1.29 is 27.5 Å². The second-order valence-electron chi connectivity index (χ2n) is 12.0. The predicted molar refractivity (Wildman–Crippen MR) is 155 cm³/mol. The number of rotatable bonds is 7. The first-order valence-electron chi connectivity index (χ1n) is 14.8. The molecule has 228 valence electrons. The fraction of sp³-hybridized carbons (Fsp3) is 0.406. The van der Waals surface area contributed by atoms with Crippen LogP contribution in [-0.2, 0) is 17.4 Å². The third-order valence-corrected chi connectivity index (χ3v) is 9.22. The number of aromatic nitrogens is 4. The maximum absolute atomic E-state index is 13.2. The third-order valence-electron chi connectivity index (χ3n) is 9.22. The second-order valence-corrected chi connectivity index (χ2v) is 12.0. The Morgan fingerprint density at radius 2 is 1.95 bits per heavy atom. The SMILES string of the molecule is CCOc1cc(C(=O)Cc2cc(C(F)(F)F)ccn2)ccc1-c1nc([C@H]2CC[C@@H]3CC4(CC4)C(=O)N3C2)n2ccnc(N)c12. The summed E-state index contributed by atoms with van der Waals surface area (Å²) in [5.74, 6) is 1.32. The molecule has 12 heteroatoms. The molecular formula is C32H31F3N6O3. The minimum Gasteiger partial charge on any atom is -0.493 e. The Morgan fingerprint density at radius 3 is 2.70 bits per heavy atom. The number of pyridine rings is 1. The molecule has 9 nitrogen and oxygen atoms in total. The van der Waals surface area contributed by atoms with Crippen molar-refractivity contribution in [3.63, 3.8) is 0 Å². The van der Waals surface area contributed by atoms with Crippen LogP contribution in [-0.4, -0.2) is 55.1 Å². The van der Waals surface area contributed by atoms with E-state index in [-0.39, 0.29) is 40.7 Å². The molecule has 0 radical (unpaired) electrons. The third kappa shape index (κ3) is 4.76. The number of carbonyl (C=O) groups is 2. The number of piperidine rings is 1. The van der Waals surface area contributed by atoms with Crippen molar-refractivity contribution in [2.75, 3.05) is 18.9 Å². The van der Waals surface area contributed by atoms with E-state index >= 15 is 0 Å². The fourth-order valence-corrected chi connectivity index (χ4v) is 6.86. The summed E-state index contributed by atoms with van der Waals surface area (Å²) in [5.41, 5.74) is 7.45. The number of nitrogens with two attached hydrogens (primary N) is 1. The smallest absolute Gasteiger partial charge is 0.416 e. The van der Waals surface area contributed by atoms with Crippen LogP contribution in [0.5, 0.6) is 5.75 Å². The van der Waals surface area contributed by atoms with E-state index in [1.807, 2.05) is 17.5 Å². The largest absolute Gasteiger partial charge is 0.493 e. The van der Waals surface area contributed by atoms with Gasteiger partial charge in [0.1, 0.15) is 28.6 Å². The summed E-state index contributed by atoms with van der Waals surface area (Å²) < 4.78 is 47.4. The molecule has 5 heterocycles. The van der Waals surface area contributed by atoms with Gasteiger partial charge in [0.25, 0.3) is 0 Å². The molecule has 1 aliphatic carbocycles. The molecule has 1 aromatic carbocycles. The summed E-state index contributed by atoms with van der Waals surface area (Å²) >= 11 is 0. The monoisotopic (exact) mass is 604 g/mol. The second kappa shape index (κ2) is 10.3. The number of anilines is 1. The molecule has 1 spiro atoms. The lowest BCUT2D eigenvalue weighted by Gasteiger charge is -2.34. The lowest BCUT2D eigenvalue weighted by atomic mass is 9.91. The molecular weight excluding hydrogens is 573 g/mol. The molecule has 7 rings (SSSR count). The van der Waals surface area contributed by atoms with E-state index in [0.29, 0.717) is 41.7 Å². The lowest BCUT2D eigenvalue weighted by Crippen LogP contribution is -2.41. The van der Waals surface area contributed by atoms with Crippen LogP contribution < -0.4 is 10.5 Å². The Morgan fingerprint density at radius 1 is 1.14 bits per heavy atom. The summed E-state index contributed by atoms with van der Waals surface area (Å²) in [6.07, 6.45) is 4.39. The lowest BCUT2D eigenvalue weighted by molar-refractivity contribution is -0.137. The van der Waals surface area contributed by atoms with Crippen molar-refractivity contribution >= 4 is 23.0 Å². The minimum absolute atomic E-state index is 0.00325. The van der Waals surface area contributed by atoms with Gasteiger partial charge in [-0.1, -0.05) is 6.07 Å². The molecule has 2 N–H and O–H groups in total. The summed E-state index contributed by atoms with van der Waals surface area (Å²) in [7, 11) is 0. The first-order chi connectivity index (χ1) is 21.1. The van der Waals surface area contributed by atoms with Gasteiger partial charge in [-0.25, -0.2) is 9.97 Å². The zero-order valence-corrected chi connectivity index (χ0v) is 24.1. The zero-order chi connectivity index (χ0) is 30.8. The zero-order valence-electron chi connectivity index (χ0n) is 24.1. The Kier molecular flexibility index (Phi) is 6.63. The van der Waals surface area contributed by atoms with Gasteiger partial charge in [-0.05, 0) is 63.3 Å². The molecule has 2 aliphatic heterocycles. The number of ether oxygens (including phenoxy) is 1. The van der Waals surface area contributed by atoms with Crippen LogP contribution in [0.1, 0.15) is 72.4 Å². The van der Waals surface area contributed by atoms with Crippen molar-refractivity contribution in [1.82, 2.24) is 24.3 Å². The molecule has 1 amide bonds. The number of ketones is 1. The highest BCUT2D eigenvalue weighted by atomic mass is 19.4. The summed E-state index contributed by atoms with van der Waals surface area (Å²) in [4.78, 5) is 41.8. The van der Waals surface area contributed by atoms with E-state index in [2.05, 4.69) is 14.9 Å². The number of imidazole rings is 1. The number of halogens is 3. The highest BCUT2D eigenvalue weighted by Crippen LogP contribution is 2.58. The minimum atomic E-state index is -4.53. The van der Waals surface area contributed by atoms with Gasteiger partial charge in [-0.3, -0.25) is 19.0 Å². The quantitative estimate of drug-likeness (QED) is 0.278. The van der Waals surface area contributed by atoms with Crippen molar-refractivity contribution in [3.8, 4) is 17.0 Å². The Balaban J connectivity index is 1.23. The number of benzene rings is 1. The Bertz CT molecular complexity index is 1800. The van der Waals surface area contributed by atoms with Crippen LogP contribution in [0.15, 0.2) is 48.9 Å². The van der Waals surface area contributed by atoms with Gasteiger partial charge < -0.3 is 15.4 Å². The highest BCUT2D eigenvalue weighted by Gasteiger charge is 2.60. The normalized spacial score (nSPS) is 20.7. The number of fused-ring (bicyclic) bond motifs is 2. The Hall–Kier alpha value is -4.48. The van der Waals surface area contributed by atoms with E-state index < -0.39 is 17.5 Å². The van der Waals surface area contributed by atoms with E-state index in [1.54, 1.807) is 24.4 Å². The van der Waals surface area contributed by atoms with E-state index in [0.717, 1.165) is 56.3 Å². The molecule has 3 aromatic heterocycles. The van der Waals surface area contributed by atoms with Gasteiger partial charge in [0.2, 0.25) is 5.91 Å². The number of amides is 1. The number of alkyl halides is 3. The van der Waals surface area contributed by atoms with Crippen LogP contribution in [0.3, 0.4) is 0 Å². The highest BCUT2D eigenvalue weighted by molar-refractivity contribution is 5.99. The van der Waals surface area contributed by atoms with Crippen LogP contribution >= 0.6 is 0 Å². The van der Waals surface area contributed by atoms with Crippen molar-refractivity contribution in [2.45, 2.75) is 63.6 Å². The maximum atomic E-state index is 13.2. The van der Waals surface area contributed by atoms with Gasteiger partial charge in [0.05, 0.1) is 24.0 Å². The van der Waals surface area contributed by atoms with Crippen LogP contribution in [0, 0.1) is 5.41 Å². The predicted octanol–water partition coefficient (Wildman–Crippen LogP) is 5.47. The van der Waals surface area contributed by atoms with Gasteiger partial charge in [-0.2, -0.15) is 13.2 Å². The van der Waals surface area contributed by atoms with Gasteiger partial charge in [0, 0.05) is 53.9 Å². The number of nitrogen functional groups attached to an aromatic ring is 1. The number of carbonyl (C=O) groups excluding carboxylic acids is 2. The molecule has 3 aliphatic rings. The number of Topliss-reactive ketones (excluding diaryl/α,β-unsaturated/α-hetero) is 1. The van der Waals surface area contributed by atoms with Crippen molar-refractivity contribution in [2.24, 2.45) is 5.41 Å². The average Bonchev–Trinajstić information content (AvgIpc) is 3.60. The van der Waals surface area contributed by atoms with Crippen LogP contribution in [0.4, 0.5) is 19.0 Å². The molecule has 4 aromatic rings. The van der Waals surface area contributed by atoms with Gasteiger partial charge >= 0.3 is 6.18 Å². The van der Waals surface area contributed by atoms with Gasteiger partial charge in [0.15, 0.2) is 5.78 Å². The molecule has 1 saturated carbocycles. The summed E-state index contributed by atoms with van der Waals surface area (Å²) in [6, 6.07) is 6.95. The summed E-state index contributed by atoms with van der Waals surface area (Å²) in [6.45, 7) is 2.71. The van der Waals surface area contributed by atoms with Gasteiger partial charge in [-0.15, -0.1) is 0 Å². The maximum Gasteiger partial charge on any atom is 0.416 e. The average molecular weight is 605 g/mol. The van der Waals surface area contributed by atoms with E-state index in [4.69, 9.17) is 15.5 Å². The Labute approximate surface area is 251 Å². The number of hydrogen-bond donors (Lipinski definition) is 1. The molecule has 0 unspecified atom stereocenters.